The van der Waals surface area contributed by atoms with E-state index >= 15 is 0 Å². The Morgan fingerprint density at radius 1 is 1.21 bits per heavy atom. The lowest BCUT2D eigenvalue weighted by Crippen LogP contribution is -2.37. The van der Waals surface area contributed by atoms with Crippen LogP contribution in [0.15, 0.2) is 24.3 Å². The molecule has 0 radical (unpaired) electrons. The maximum Gasteiger partial charge on any atom is 0.226 e. The molecule has 1 atom stereocenters. The van der Waals surface area contributed by atoms with Gasteiger partial charge in [0.05, 0.1) is 0 Å². The first kappa shape index (κ1) is 16.1. The van der Waals surface area contributed by atoms with Crippen molar-refractivity contribution in [1.29, 1.82) is 0 Å². The zero-order valence-corrected chi connectivity index (χ0v) is 15.1. The summed E-state index contributed by atoms with van der Waals surface area (Å²) in [4.78, 5) is 15.3. The van der Waals surface area contributed by atoms with E-state index in [9.17, 15) is 4.79 Å². The van der Waals surface area contributed by atoms with Crippen LogP contribution in [0.1, 0.15) is 63.0 Å². The number of nitrogens with one attached hydrogen (secondary N) is 1. The second-order valence-corrected chi connectivity index (χ2v) is 8.46. The maximum absolute atomic E-state index is 13.1. The molecule has 1 saturated heterocycles. The molecular formula is C21H30N2O. The third-order valence-corrected chi connectivity index (χ3v) is 6.36. The second-order valence-electron chi connectivity index (χ2n) is 8.46. The molecule has 0 aromatic heterocycles. The molecule has 3 heteroatoms. The molecule has 3 aliphatic rings. The van der Waals surface area contributed by atoms with Crippen LogP contribution < -0.4 is 5.32 Å². The predicted molar refractivity (Wildman–Crippen MR) is 96.7 cm³/mol. The zero-order chi connectivity index (χ0) is 16.7. The molecule has 3 nitrogen and oxygen atoms in total. The summed E-state index contributed by atoms with van der Waals surface area (Å²) in [5.41, 5.74) is 3.00. The highest BCUT2D eigenvalue weighted by Gasteiger charge is 2.59. The van der Waals surface area contributed by atoms with Crippen LogP contribution in [0.2, 0.25) is 0 Å². The van der Waals surface area contributed by atoms with Gasteiger partial charge in [0.25, 0.3) is 0 Å². The first-order valence-corrected chi connectivity index (χ1v) is 9.69. The molecular weight excluding hydrogens is 296 g/mol. The maximum atomic E-state index is 13.1. The summed E-state index contributed by atoms with van der Waals surface area (Å²) in [5.74, 6) is 1.30. The minimum absolute atomic E-state index is 0.301. The molecule has 1 aromatic rings. The molecule has 1 unspecified atom stereocenters. The topological polar surface area (TPSA) is 32.3 Å². The van der Waals surface area contributed by atoms with E-state index < -0.39 is 0 Å². The molecule has 130 valence electrons. The van der Waals surface area contributed by atoms with Gasteiger partial charge in [-0.1, -0.05) is 38.1 Å². The van der Waals surface area contributed by atoms with Crippen LogP contribution in [0.5, 0.6) is 0 Å². The van der Waals surface area contributed by atoms with Crippen molar-refractivity contribution in [3.63, 3.8) is 0 Å². The van der Waals surface area contributed by atoms with Crippen molar-refractivity contribution >= 4 is 5.91 Å². The Labute approximate surface area is 145 Å². The van der Waals surface area contributed by atoms with E-state index in [1.807, 2.05) is 0 Å². The molecule has 24 heavy (non-hydrogen) atoms. The molecule has 4 rings (SSSR count). The van der Waals surface area contributed by atoms with Gasteiger partial charge in [0.1, 0.15) is 0 Å². The molecule has 3 fully saturated rings. The van der Waals surface area contributed by atoms with E-state index in [2.05, 4.69) is 48.3 Å². The first-order chi connectivity index (χ1) is 11.6. The van der Waals surface area contributed by atoms with Crippen molar-refractivity contribution in [3.05, 3.63) is 35.4 Å². The Balaban J connectivity index is 1.44. The highest BCUT2D eigenvalue weighted by molar-refractivity contribution is 5.83. The quantitative estimate of drug-likeness (QED) is 0.895. The van der Waals surface area contributed by atoms with E-state index in [1.165, 1.54) is 36.8 Å². The van der Waals surface area contributed by atoms with Crippen molar-refractivity contribution in [2.75, 3.05) is 13.1 Å². The molecule has 1 aromatic carbocycles. The van der Waals surface area contributed by atoms with Crippen LogP contribution >= 0.6 is 0 Å². The van der Waals surface area contributed by atoms with Gasteiger partial charge in [0.15, 0.2) is 0 Å². The van der Waals surface area contributed by atoms with Gasteiger partial charge in [-0.05, 0) is 67.7 Å². The van der Waals surface area contributed by atoms with Gasteiger partial charge < -0.3 is 10.2 Å². The third-order valence-electron chi connectivity index (χ3n) is 6.36. The number of rotatable bonds is 5. The van der Waals surface area contributed by atoms with Crippen LogP contribution in [0.3, 0.4) is 0 Å². The van der Waals surface area contributed by atoms with Gasteiger partial charge in [0.2, 0.25) is 5.91 Å². The highest BCUT2D eigenvalue weighted by atomic mass is 16.2. The van der Waals surface area contributed by atoms with E-state index in [0.717, 1.165) is 26.1 Å². The van der Waals surface area contributed by atoms with Crippen LogP contribution in [0.4, 0.5) is 0 Å². The SMILES string of the molecule is CC(C)c1ccc(CN(C(=O)C2CC23CCNCC3)C2CC2)cc1. The number of hydrogen-bond donors (Lipinski definition) is 1. The Morgan fingerprint density at radius 3 is 2.46 bits per heavy atom. The molecule has 1 N–H and O–H groups in total. The van der Waals surface area contributed by atoms with Crippen LogP contribution in [-0.2, 0) is 11.3 Å². The third kappa shape index (κ3) is 3.11. The van der Waals surface area contributed by atoms with Gasteiger partial charge in [-0.25, -0.2) is 0 Å². The molecule has 1 amide bonds. The van der Waals surface area contributed by atoms with Gasteiger partial charge >= 0.3 is 0 Å². The minimum atomic E-state index is 0.301. The Morgan fingerprint density at radius 2 is 1.88 bits per heavy atom. The number of hydrogen-bond acceptors (Lipinski definition) is 2. The van der Waals surface area contributed by atoms with Gasteiger partial charge in [-0.15, -0.1) is 0 Å². The fraction of sp³-hybridized carbons (Fsp3) is 0.667. The monoisotopic (exact) mass is 326 g/mol. The lowest BCUT2D eigenvalue weighted by molar-refractivity contribution is -0.134. The standard InChI is InChI=1S/C21H30N2O/c1-15(2)17-5-3-16(4-6-17)14-23(18-7-8-18)20(24)19-13-21(19)9-11-22-12-10-21/h3-6,15,18-19,22H,7-14H2,1-2H3. The van der Waals surface area contributed by atoms with Crippen LogP contribution in [-0.4, -0.2) is 29.9 Å². The van der Waals surface area contributed by atoms with Crippen molar-refractivity contribution < 1.29 is 4.79 Å². The van der Waals surface area contributed by atoms with Crippen molar-refractivity contribution in [2.24, 2.45) is 11.3 Å². The summed E-state index contributed by atoms with van der Waals surface area (Å²) in [6.07, 6.45) is 5.88. The van der Waals surface area contributed by atoms with E-state index in [0.29, 0.717) is 29.2 Å². The highest BCUT2D eigenvalue weighted by Crippen LogP contribution is 2.59. The number of amides is 1. The number of carbonyl (C=O) groups is 1. The fourth-order valence-electron chi connectivity index (χ4n) is 4.35. The average molecular weight is 326 g/mol. The summed E-state index contributed by atoms with van der Waals surface area (Å²) in [7, 11) is 0. The number of piperidine rings is 1. The normalized spacial score (nSPS) is 25.0. The van der Waals surface area contributed by atoms with E-state index in [4.69, 9.17) is 0 Å². The Kier molecular flexibility index (Phi) is 4.16. The van der Waals surface area contributed by atoms with E-state index in [-0.39, 0.29) is 0 Å². The van der Waals surface area contributed by atoms with Crippen LogP contribution in [0, 0.1) is 11.3 Å². The molecule has 0 bridgehead atoms. The summed E-state index contributed by atoms with van der Waals surface area (Å²) < 4.78 is 0. The molecule has 1 aliphatic heterocycles. The number of benzene rings is 1. The summed E-state index contributed by atoms with van der Waals surface area (Å²) >= 11 is 0. The van der Waals surface area contributed by atoms with Gasteiger partial charge in [0, 0.05) is 18.5 Å². The fourth-order valence-corrected chi connectivity index (χ4v) is 4.35. The smallest absolute Gasteiger partial charge is 0.226 e. The Bertz CT molecular complexity index is 597. The van der Waals surface area contributed by atoms with Gasteiger partial charge in [-0.2, -0.15) is 0 Å². The summed E-state index contributed by atoms with van der Waals surface area (Å²) in [6.45, 7) is 7.42. The van der Waals surface area contributed by atoms with Crippen molar-refractivity contribution in [2.45, 2.75) is 64.5 Å². The molecule has 2 saturated carbocycles. The average Bonchev–Trinajstić information content (AvgIpc) is 3.50. The van der Waals surface area contributed by atoms with Crippen molar-refractivity contribution in [1.82, 2.24) is 10.2 Å². The molecule has 1 spiro atoms. The molecule has 2 aliphatic carbocycles. The van der Waals surface area contributed by atoms with Crippen molar-refractivity contribution in [3.8, 4) is 0 Å². The lowest BCUT2D eigenvalue weighted by Gasteiger charge is -2.27. The van der Waals surface area contributed by atoms with Crippen LogP contribution in [0.25, 0.3) is 0 Å². The largest absolute Gasteiger partial charge is 0.335 e. The van der Waals surface area contributed by atoms with Gasteiger partial charge in [-0.3, -0.25) is 4.79 Å². The molecule has 1 heterocycles. The summed E-state index contributed by atoms with van der Waals surface area (Å²) in [6, 6.07) is 9.37. The zero-order valence-electron chi connectivity index (χ0n) is 15.1. The number of carbonyl (C=O) groups excluding carboxylic acids is 1. The summed E-state index contributed by atoms with van der Waals surface area (Å²) in [5, 5.41) is 3.43. The first-order valence-electron chi connectivity index (χ1n) is 9.69. The Hall–Kier alpha value is -1.35. The number of nitrogens with zero attached hydrogens (tertiary/aromatic N) is 1. The second kappa shape index (κ2) is 6.18. The minimum Gasteiger partial charge on any atom is -0.335 e. The predicted octanol–water partition coefficient (Wildman–Crippen LogP) is 3.69. The van der Waals surface area contributed by atoms with E-state index in [1.54, 1.807) is 0 Å². The lowest BCUT2D eigenvalue weighted by atomic mass is 9.91.